The van der Waals surface area contributed by atoms with Crippen molar-refractivity contribution in [3.63, 3.8) is 0 Å². The molecule has 0 heterocycles. The summed E-state index contributed by atoms with van der Waals surface area (Å²) >= 11 is 0. The molecular weight excluding hydrogens is 226 g/mol. The highest BCUT2D eigenvalue weighted by atomic mass is 19.3. The highest BCUT2D eigenvalue weighted by molar-refractivity contribution is 5.84. The molecule has 1 rings (SSSR count). The zero-order chi connectivity index (χ0) is 12.7. The molecule has 3 nitrogen and oxygen atoms in total. The Bertz CT molecular complexity index is 355. The number of nitrogens with one attached hydrogen (secondary N) is 2. The Kier molecular flexibility index (Phi) is 5.03. The quantitative estimate of drug-likeness (QED) is 0.742. The van der Waals surface area contributed by atoms with Crippen LogP contribution in [0.15, 0.2) is 30.3 Å². The summed E-state index contributed by atoms with van der Waals surface area (Å²) in [5.74, 6) is -4.72. The minimum absolute atomic E-state index is 0.238. The summed E-state index contributed by atoms with van der Waals surface area (Å²) in [4.78, 5) is 11.3. The lowest BCUT2D eigenvalue weighted by atomic mass is 10.1. The highest BCUT2D eigenvalue weighted by Crippen LogP contribution is 2.27. The van der Waals surface area contributed by atoms with Gasteiger partial charge in [-0.15, -0.1) is 0 Å². The van der Waals surface area contributed by atoms with Gasteiger partial charge in [0.15, 0.2) is 0 Å². The number of hydrogen-bond acceptors (Lipinski definition) is 2. The molecule has 0 saturated carbocycles. The van der Waals surface area contributed by atoms with Crippen LogP contribution in [0.3, 0.4) is 0 Å². The summed E-state index contributed by atoms with van der Waals surface area (Å²) in [5.41, 5.74) is -0.286. The van der Waals surface area contributed by atoms with E-state index in [0.717, 1.165) is 0 Å². The van der Waals surface area contributed by atoms with Gasteiger partial charge in [0, 0.05) is 12.1 Å². The van der Waals surface area contributed by atoms with Crippen LogP contribution in [0.25, 0.3) is 0 Å². The van der Waals surface area contributed by atoms with Crippen LogP contribution in [0.1, 0.15) is 12.0 Å². The smallest absolute Gasteiger partial charge is 0.349 e. The highest BCUT2D eigenvalue weighted by Gasteiger charge is 2.40. The van der Waals surface area contributed by atoms with Crippen LogP contribution in [0, 0.1) is 0 Å². The van der Waals surface area contributed by atoms with Crippen LogP contribution in [0.2, 0.25) is 0 Å². The number of benzene rings is 1. The average Bonchev–Trinajstić information content (AvgIpc) is 2.35. The first-order valence-electron chi connectivity index (χ1n) is 5.45. The number of amides is 1. The molecular formula is C12H16F2N2O. The number of carbonyl (C=O) groups is 1. The lowest BCUT2D eigenvalue weighted by Crippen LogP contribution is -2.39. The van der Waals surface area contributed by atoms with E-state index in [-0.39, 0.29) is 12.1 Å². The Morgan fingerprint density at radius 1 is 1.24 bits per heavy atom. The molecule has 0 radical (unpaired) electrons. The molecule has 5 heteroatoms. The van der Waals surface area contributed by atoms with Gasteiger partial charge in [-0.05, 0) is 20.0 Å². The lowest BCUT2D eigenvalue weighted by molar-refractivity contribution is -0.146. The van der Waals surface area contributed by atoms with Crippen LogP contribution in [-0.4, -0.2) is 26.0 Å². The monoisotopic (exact) mass is 242 g/mol. The second kappa shape index (κ2) is 6.30. The summed E-state index contributed by atoms with van der Waals surface area (Å²) in [6.07, 6.45) is 0.618. The minimum atomic E-state index is -3.47. The largest absolute Gasteiger partial charge is 0.351 e. The zero-order valence-electron chi connectivity index (χ0n) is 9.67. The predicted octanol–water partition coefficient (Wildman–Crippen LogP) is 1.50. The molecule has 1 amide bonds. The van der Waals surface area contributed by atoms with Gasteiger partial charge in [0.25, 0.3) is 5.91 Å². The first-order valence-corrected chi connectivity index (χ1v) is 5.45. The zero-order valence-corrected chi connectivity index (χ0v) is 9.67. The molecule has 17 heavy (non-hydrogen) atoms. The molecule has 0 bridgehead atoms. The van der Waals surface area contributed by atoms with Crippen LogP contribution in [0.4, 0.5) is 8.78 Å². The summed E-state index contributed by atoms with van der Waals surface area (Å²) < 4.78 is 27.3. The van der Waals surface area contributed by atoms with Gasteiger partial charge in [0.1, 0.15) is 0 Å². The summed E-state index contributed by atoms with van der Waals surface area (Å²) in [5, 5.41) is 5.10. The standard InChI is InChI=1S/C12H16F2N2O/c1-15-8-5-9-16-11(17)12(13,14)10-6-3-2-4-7-10/h2-4,6-7,15H,5,8-9H2,1H3,(H,16,17). The van der Waals surface area contributed by atoms with Gasteiger partial charge >= 0.3 is 5.92 Å². The van der Waals surface area contributed by atoms with Crippen molar-refractivity contribution in [1.29, 1.82) is 0 Å². The van der Waals surface area contributed by atoms with Crippen molar-refractivity contribution in [2.75, 3.05) is 20.1 Å². The third-order valence-electron chi connectivity index (χ3n) is 2.31. The van der Waals surface area contributed by atoms with Crippen molar-refractivity contribution in [2.24, 2.45) is 0 Å². The predicted molar refractivity (Wildman–Crippen MR) is 61.9 cm³/mol. The Morgan fingerprint density at radius 3 is 2.47 bits per heavy atom. The van der Waals surface area contributed by atoms with Crippen molar-refractivity contribution in [2.45, 2.75) is 12.3 Å². The molecule has 1 aromatic rings. The molecule has 0 aliphatic carbocycles. The SMILES string of the molecule is CNCCCNC(=O)C(F)(F)c1ccccc1. The molecule has 2 N–H and O–H groups in total. The van der Waals surface area contributed by atoms with Crippen LogP contribution < -0.4 is 10.6 Å². The summed E-state index contributed by atoms with van der Waals surface area (Å²) in [6.45, 7) is 0.916. The summed E-state index contributed by atoms with van der Waals surface area (Å²) in [6, 6.07) is 7.08. The van der Waals surface area contributed by atoms with Crippen molar-refractivity contribution in [3.05, 3.63) is 35.9 Å². The van der Waals surface area contributed by atoms with Crippen molar-refractivity contribution in [3.8, 4) is 0 Å². The van der Waals surface area contributed by atoms with Gasteiger partial charge < -0.3 is 10.6 Å². The maximum absolute atomic E-state index is 13.6. The Morgan fingerprint density at radius 2 is 1.88 bits per heavy atom. The van der Waals surface area contributed by atoms with E-state index in [2.05, 4.69) is 10.6 Å². The second-order valence-corrected chi connectivity index (χ2v) is 3.65. The molecule has 0 aliphatic rings. The van der Waals surface area contributed by atoms with E-state index in [9.17, 15) is 13.6 Å². The number of alkyl halides is 2. The summed E-state index contributed by atoms with van der Waals surface area (Å²) in [7, 11) is 1.76. The first kappa shape index (κ1) is 13.6. The Balaban J connectivity index is 2.55. The fraction of sp³-hybridized carbons (Fsp3) is 0.417. The van der Waals surface area contributed by atoms with E-state index < -0.39 is 11.8 Å². The minimum Gasteiger partial charge on any atom is -0.351 e. The molecule has 0 unspecified atom stereocenters. The number of carbonyl (C=O) groups excluding carboxylic acids is 1. The number of halogens is 2. The van der Waals surface area contributed by atoms with Gasteiger partial charge in [-0.2, -0.15) is 8.78 Å². The van der Waals surface area contributed by atoms with Crippen LogP contribution in [0.5, 0.6) is 0 Å². The fourth-order valence-corrected chi connectivity index (χ4v) is 1.36. The van der Waals surface area contributed by atoms with Crippen LogP contribution in [-0.2, 0) is 10.7 Å². The van der Waals surface area contributed by atoms with E-state index in [4.69, 9.17) is 0 Å². The van der Waals surface area contributed by atoms with Gasteiger partial charge in [0.2, 0.25) is 0 Å². The lowest BCUT2D eigenvalue weighted by Gasteiger charge is -2.16. The second-order valence-electron chi connectivity index (χ2n) is 3.65. The molecule has 0 saturated heterocycles. The molecule has 1 aromatic carbocycles. The maximum atomic E-state index is 13.6. The molecule has 94 valence electrons. The average molecular weight is 242 g/mol. The topological polar surface area (TPSA) is 41.1 Å². The molecule has 0 atom stereocenters. The van der Waals surface area contributed by atoms with E-state index in [1.807, 2.05) is 0 Å². The molecule has 0 spiro atoms. The van der Waals surface area contributed by atoms with Gasteiger partial charge in [-0.25, -0.2) is 0 Å². The van der Waals surface area contributed by atoms with E-state index in [1.54, 1.807) is 13.1 Å². The van der Waals surface area contributed by atoms with E-state index in [1.165, 1.54) is 24.3 Å². The molecule has 0 aromatic heterocycles. The van der Waals surface area contributed by atoms with E-state index >= 15 is 0 Å². The van der Waals surface area contributed by atoms with Gasteiger partial charge in [-0.3, -0.25) is 4.79 Å². The molecule has 0 fully saturated rings. The number of hydrogen-bond donors (Lipinski definition) is 2. The van der Waals surface area contributed by atoms with Crippen molar-refractivity contribution < 1.29 is 13.6 Å². The fourth-order valence-electron chi connectivity index (χ4n) is 1.36. The third-order valence-corrected chi connectivity index (χ3v) is 2.31. The van der Waals surface area contributed by atoms with E-state index in [0.29, 0.717) is 13.0 Å². The Labute approximate surface area is 99.2 Å². The third kappa shape index (κ3) is 3.78. The van der Waals surface area contributed by atoms with Crippen molar-refractivity contribution >= 4 is 5.91 Å². The molecule has 0 aliphatic heterocycles. The maximum Gasteiger partial charge on any atom is 0.349 e. The van der Waals surface area contributed by atoms with Gasteiger partial charge in [0.05, 0.1) is 0 Å². The first-order chi connectivity index (χ1) is 8.09. The normalized spacial score (nSPS) is 11.2. The van der Waals surface area contributed by atoms with Crippen LogP contribution >= 0.6 is 0 Å². The Hall–Kier alpha value is -1.49. The van der Waals surface area contributed by atoms with Gasteiger partial charge in [-0.1, -0.05) is 30.3 Å². The van der Waals surface area contributed by atoms with Crippen molar-refractivity contribution in [1.82, 2.24) is 10.6 Å². The number of rotatable bonds is 6.